The van der Waals surface area contributed by atoms with Gasteiger partial charge in [0.2, 0.25) is 10.0 Å². The fraction of sp³-hybridized carbons (Fsp3) is 0.588. The van der Waals surface area contributed by atoms with Crippen LogP contribution < -0.4 is 15.4 Å². The lowest BCUT2D eigenvalue weighted by Gasteiger charge is -2.25. The van der Waals surface area contributed by atoms with Gasteiger partial charge in [0.25, 0.3) is 0 Å². The van der Waals surface area contributed by atoms with Crippen LogP contribution in [0.2, 0.25) is 0 Å². The molecular formula is C17H26F2N4O2S. The third kappa shape index (κ3) is 6.87. The van der Waals surface area contributed by atoms with E-state index >= 15 is 0 Å². The first-order chi connectivity index (χ1) is 12.4. The molecule has 2 rings (SSSR count). The smallest absolute Gasteiger partial charge is 0.213 e. The number of hydrogen-bond acceptors (Lipinski definition) is 3. The van der Waals surface area contributed by atoms with E-state index in [0.717, 1.165) is 31.0 Å². The van der Waals surface area contributed by atoms with Crippen molar-refractivity contribution in [2.24, 2.45) is 10.9 Å². The number of rotatable bonds is 9. The van der Waals surface area contributed by atoms with Crippen LogP contribution in [0.3, 0.4) is 0 Å². The molecule has 146 valence electrons. The SMILES string of the molecule is CN=C(NCCc1cc(F)ccc1F)NCCS(=O)(=O)NCC1CCC1. The highest BCUT2D eigenvalue weighted by Crippen LogP contribution is 2.25. The van der Waals surface area contributed by atoms with Crippen molar-refractivity contribution in [1.29, 1.82) is 0 Å². The van der Waals surface area contributed by atoms with Crippen molar-refractivity contribution >= 4 is 16.0 Å². The molecule has 0 saturated heterocycles. The fourth-order valence-electron chi connectivity index (χ4n) is 2.59. The highest BCUT2D eigenvalue weighted by Gasteiger charge is 2.20. The summed E-state index contributed by atoms with van der Waals surface area (Å²) in [6.07, 6.45) is 3.63. The van der Waals surface area contributed by atoms with E-state index in [1.807, 2.05) is 0 Å². The van der Waals surface area contributed by atoms with E-state index in [9.17, 15) is 17.2 Å². The molecule has 1 fully saturated rings. The maximum absolute atomic E-state index is 13.6. The lowest BCUT2D eigenvalue weighted by atomic mass is 9.86. The zero-order chi connectivity index (χ0) is 19.0. The van der Waals surface area contributed by atoms with Crippen LogP contribution in [0.5, 0.6) is 0 Å². The Morgan fingerprint density at radius 2 is 1.96 bits per heavy atom. The summed E-state index contributed by atoms with van der Waals surface area (Å²) in [6.45, 7) is 1.05. The molecule has 0 heterocycles. The van der Waals surface area contributed by atoms with Crippen molar-refractivity contribution in [3.05, 3.63) is 35.4 Å². The van der Waals surface area contributed by atoms with Crippen LogP contribution in [-0.2, 0) is 16.4 Å². The molecule has 1 aromatic rings. The van der Waals surface area contributed by atoms with E-state index in [0.29, 0.717) is 25.0 Å². The van der Waals surface area contributed by atoms with Crippen molar-refractivity contribution in [3.63, 3.8) is 0 Å². The van der Waals surface area contributed by atoms with E-state index in [1.54, 1.807) is 7.05 Å². The minimum Gasteiger partial charge on any atom is -0.356 e. The Balaban J connectivity index is 1.67. The van der Waals surface area contributed by atoms with Gasteiger partial charge in [-0.1, -0.05) is 6.42 Å². The predicted octanol–water partition coefficient (Wildman–Crippen LogP) is 1.39. The van der Waals surface area contributed by atoms with Crippen LogP contribution in [0.15, 0.2) is 23.2 Å². The van der Waals surface area contributed by atoms with E-state index in [-0.39, 0.29) is 24.3 Å². The number of nitrogens with one attached hydrogen (secondary N) is 3. The van der Waals surface area contributed by atoms with E-state index < -0.39 is 21.7 Å². The fourth-order valence-corrected chi connectivity index (χ4v) is 3.59. The Bertz CT molecular complexity index is 721. The number of aliphatic imine (C=N–C) groups is 1. The lowest BCUT2D eigenvalue weighted by Crippen LogP contribution is -2.42. The van der Waals surface area contributed by atoms with E-state index in [4.69, 9.17) is 0 Å². The molecular weight excluding hydrogens is 362 g/mol. The second kappa shape index (κ2) is 9.82. The predicted molar refractivity (Wildman–Crippen MR) is 98.6 cm³/mol. The second-order valence-corrected chi connectivity index (χ2v) is 8.30. The van der Waals surface area contributed by atoms with Gasteiger partial charge in [-0.2, -0.15) is 0 Å². The molecule has 6 nitrogen and oxygen atoms in total. The number of nitrogens with zero attached hydrogens (tertiary/aromatic N) is 1. The van der Waals surface area contributed by atoms with Gasteiger partial charge in [-0.25, -0.2) is 21.9 Å². The zero-order valence-corrected chi connectivity index (χ0v) is 15.7. The summed E-state index contributed by atoms with van der Waals surface area (Å²) in [7, 11) is -1.76. The number of benzene rings is 1. The molecule has 0 amide bonds. The standard InChI is InChI=1S/C17H26F2N4O2S/c1-20-17(21-8-7-14-11-15(18)5-6-16(14)19)22-9-10-26(24,25)23-12-13-3-2-4-13/h5-6,11,13,23H,2-4,7-10,12H2,1H3,(H2,20,21,22). The average Bonchev–Trinajstić information content (AvgIpc) is 2.54. The van der Waals surface area contributed by atoms with Crippen LogP contribution >= 0.6 is 0 Å². The van der Waals surface area contributed by atoms with Gasteiger partial charge in [0.05, 0.1) is 5.75 Å². The van der Waals surface area contributed by atoms with E-state index in [1.165, 1.54) is 6.42 Å². The molecule has 0 bridgehead atoms. The number of guanidine groups is 1. The van der Waals surface area contributed by atoms with Gasteiger partial charge in [-0.15, -0.1) is 0 Å². The topological polar surface area (TPSA) is 82.6 Å². The minimum absolute atomic E-state index is 0.0566. The van der Waals surface area contributed by atoms with Gasteiger partial charge in [-0.05, 0) is 48.9 Å². The highest BCUT2D eigenvalue weighted by atomic mass is 32.2. The minimum atomic E-state index is -3.32. The molecule has 26 heavy (non-hydrogen) atoms. The third-order valence-corrected chi connectivity index (χ3v) is 5.75. The van der Waals surface area contributed by atoms with Crippen LogP contribution in [0.25, 0.3) is 0 Å². The third-order valence-electron chi connectivity index (χ3n) is 4.40. The molecule has 9 heteroatoms. The molecule has 0 aliphatic heterocycles. The average molecular weight is 388 g/mol. The van der Waals surface area contributed by atoms with Gasteiger partial charge in [0.15, 0.2) is 5.96 Å². The van der Waals surface area contributed by atoms with Crippen molar-refractivity contribution in [2.45, 2.75) is 25.7 Å². The number of halogens is 2. The molecule has 0 atom stereocenters. The van der Waals surface area contributed by atoms with Gasteiger partial charge in [-0.3, -0.25) is 4.99 Å². The van der Waals surface area contributed by atoms with Crippen LogP contribution in [0.1, 0.15) is 24.8 Å². The Morgan fingerprint density at radius 1 is 1.23 bits per heavy atom. The Labute approximate surface area is 153 Å². The van der Waals surface area contributed by atoms with Gasteiger partial charge < -0.3 is 10.6 Å². The molecule has 0 spiro atoms. The van der Waals surface area contributed by atoms with Crippen LogP contribution in [0, 0.1) is 17.6 Å². The largest absolute Gasteiger partial charge is 0.356 e. The molecule has 1 aromatic carbocycles. The van der Waals surface area contributed by atoms with Gasteiger partial charge in [0.1, 0.15) is 11.6 Å². The first-order valence-corrected chi connectivity index (χ1v) is 10.4. The van der Waals surface area contributed by atoms with Crippen molar-refractivity contribution in [3.8, 4) is 0 Å². The normalized spacial score (nSPS) is 15.6. The summed E-state index contributed by atoms with van der Waals surface area (Å²) < 4.78 is 53.2. The molecule has 0 radical (unpaired) electrons. The Hall–Kier alpha value is -1.74. The lowest BCUT2D eigenvalue weighted by molar-refractivity contribution is 0.316. The van der Waals surface area contributed by atoms with Crippen LogP contribution in [-0.4, -0.2) is 46.8 Å². The van der Waals surface area contributed by atoms with Crippen molar-refractivity contribution < 1.29 is 17.2 Å². The van der Waals surface area contributed by atoms with Crippen molar-refractivity contribution in [2.75, 3.05) is 32.4 Å². The first kappa shape index (κ1) is 20.6. The van der Waals surface area contributed by atoms with Crippen molar-refractivity contribution in [1.82, 2.24) is 15.4 Å². The van der Waals surface area contributed by atoms with E-state index in [2.05, 4.69) is 20.3 Å². The molecule has 3 N–H and O–H groups in total. The van der Waals surface area contributed by atoms with Crippen LogP contribution in [0.4, 0.5) is 8.78 Å². The molecule has 0 aromatic heterocycles. The molecule has 1 aliphatic rings. The molecule has 1 saturated carbocycles. The summed E-state index contributed by atoms with van der Waals surface area (Å²) in [4.78, 5) is 3.99. The number of sulfonamides is 1. The summed E-state index contributed by atoms with van der Waals surface area (Å²) in [6, 6.07) is 3.33. The summed E-state index contributed by atoms with van der Waals surface area (Å²) in [5, 5.41) is 5.86. The Morgan fingerprint density at radius 3 is 2.62 bits per heavy atom. The zero-order valence-electron chi connectivity index (χ0n) is 14.9. The van der Waals surface area contributed by atoms with Gasteiger partial charge in [0, 0.05) is 26.7 Å². The second-order valence-electron chi connectivity index (χ2n) is 6.38. The Kier molecular flexibility index (Phi) is 7.77. The monoisotopic (exact) mass is 388 g/mol. The number of hydrogen-bond donors (Lipinski definition) is 3. The quantitative estimate of drug-likeness (QED) is 0.441. The first-order valence-electron chi connectivity index (χ1n) is 8.75. The summed E-state index contributed by atoms with van der Waals surface area (Å²) >= 11 is 0. The summed E-state index contributed by atoms with van der Waals surface area (Å²) in [5.41, 5.74) is 0.274. The maximum atomic E-state index is 13.6. The summed E-state index contributed by atoms with van der Waals surface area (Å²) in [5.74, 6) is -0.117. The highest BCUT2D eigenvalue weighted by molar-refractivity contribution is 7.89. The molecule has 0 unspecified atom stereocenters. The van der Waals surface area contributed by atoms with Gasteiger partial charge >= 0.3 is 0 Å². The maximum Gasteiger partial charge on any atom is 0.213 e. The molecule has 1 aliphatic carbocycles.